The molecule has 2 rings (SSSR count). The van der Waals surface area contributed by atoms with Crippen LogP contribution in [0.15, 0.2) is 12.2 Å². The van der Waals surface area contributed by atoms with Gasteiger partial charge in [0.05, 0.1) is 0 Å². The summed E-state index contributed by atoms with van der Waals surface area (Å²) in [6, 6.07) is 0. The van der Waals surface area contributed by atoms with Gasteiger partial charge >= 0.3 is 0 Å². The Morgan fingerprint density at radius 3 is 2.25 bits per heavy atom. The molecule has 0 aromatic heterocycles. The highest BCUT2D eigenvalue weighted by Crippen LogP contribution is 2.57. The molecule has 2 fully saturated rings. The Balaban J connectivity index is 2.09. The summed E-state index contributed by atoms with van der Waals surface area (Å²) in [4.78, 5) is 0. The van der Waals surface area contributed by atoms with E-state index in [1.807, 2.05) is 0 Å². The molecule has 2 unspecified atom stereocenters. The number of fused-ring (bicyclic) bond motifs is 1. The van der Waals surface area contributed by atoms with Gasteiger partial charge in [0.2, 0.25) is 0 Å². The Hall–Kier alpha value is -0.260. The molecular formula is C8H12. The van der Waals surface area contributed by atoms with E-state index in [1.54, 1.807) is 5.57 Å². The summed E-state index contributed by atoms with van der Waals surface area (Å²) in [5.41, 5.74) is 1.54. The minimum atomic E-state index is 0.963. The monoisotopic (exact) mass is 108 g/mol. The average Bonchev–Trinajstić information content (AvgIpc) is 2.29. The van der Waals surface area contributed by atoms with Crippen molar-refractivity contribution < 1.29 is 0 Å². The summed E-state index contributed by atoms with van der Waals surface area (Å²) in [5, 5.41) is 0. The highest BCUT2D eigenvalue weighted by molar-refractivity contribution is 5.29. The Labute approximate surface area is 50.6 Å². The first-order valence-corrected chi connectivity index (χ1v) is 3.47. The quantitative estimate of drug-likeness (QED) is 0.417. The van der Waals surface area contributed by atoms with Crippen LogP contribution in [0, 0.1) is 17.8 Å². The number of hydrogen-bond acceptors (Lipinski definition) is 0. The van der Waals surface area contributed by atoms with Crippen LogP contribution in [-0.4, -0.2) is 0 Å². The molecule has 0 nitrogen and oxygen atoms in total. The van der Waals surface area contributed by atoms with Crippen molar-refractivity contribution in [2.45, 2.75) is 19.8 Å². The van der Waals surface area contributed by atoms with E-state index in [0.29, 0.717) is 0 Å². The van der Waals surface area contributed by atoms with Gasteiger partial charge in [0.1, 0.15) is 0 Å². The molecule has 2 aliphatic carbocycles. The van der Waals surface area contributed by atoms with E-state index in [4.69, 9.17) is 0 Å². The van der Waals surface area contributed by atoms with Crippen LogP contribution in [0.3, 0.4) is 0 Å². The average molecular weight is 108 g/mol. The van der Waals surface area contributed by atoms with Gasteiger partial charge in [-0.3, -0.25) is 0 Å². The summed E-state index contributed by atoms with van der Waals surface area (Å²) < 4.78 is 0. The molecule has 0 N–H and O–H groups in total. The summed E-state index contributed by atoms with van der Waals surface area (Å²) >= 11 is 0. The molecule has 0 aliphatic heterocycles. The van der Waals surface area contributed by atoms with Gasteiger partial charge in [0, 0.05) is 0 Å². The van der Waals surface area contributed by atoms with Gasteiger partial charge < -0.3 is 0 Å². The molecule has 0 heteroatoms. The lowest BCUT2D eigenvalue weighted by Crippen LogP contribution is -1.87. The molecule has 0 saturated heterocycles. The van der Waals surface area contributed by atoms with Crippen molar-refractivity contribution >= 4 is 0 Å². The van der Waals surface area contributed by atoms with Crippen LogP contribution in [0.5, 0.6) is 0 Å². The van der Waals surface area contributed by atoms with E-state index >= 15 is 0 Å². The fourth-order valence-electron chi connectivity index (χ4n) is 2.04. The second-order valence-electron chi connectivity index (χ2n) is 3.36. The summed E-state index contributed by atoms with van der Waals surface area (Å²) in [6.07, 6.45) is 2.87. The molecule has 0 bridgehead atoms. The molecule has 0 radical (unpaired) electrons. The van der Waals surface area contributed by atoms with Gasteiger partial charge in [-0.15, -0.1) is 0 Å². The molecule has 2 aliphatic rings. The van der Waals surface area contributed by atoms with Crippen LogP contribution in [-0.2, 0) is 0 Å². The lowest BCUT2D eigenvalue weighted by atomic mass is 10.1. The Bertz CT molecular complexity index is 121. The van der Waals surface area contributed by atoms with Crippen LogP contribution in [0.4, 0.5) is 0 Å². The smallest absolute Gasteiger partial charge is 0.0135 e. The lowest BCUT2D eigenvalue weighted by molar-refractivity contribution is 0.563. The molecule has 0 spiro atoms. The maximum Gasteiger partial charge on any atom is -0.0135 e. The van der Waals surface area contributed by atoms with Crippen LogP contribution in [0.1, 0.15) is 19.8 Å². The first-order chi connectivity index (χ1) is 3.79. The Morgan fingerprint density at radius 2 is 1.88 bits per heavy atom. The van der Waals surface area contributed by atoms with Crippen LogP contribution in [0.2, 0.25) is 0 Å². The van der Waals surface area contributed by atoms with Gasteiger partial charge in [0.25, 0.3) is 0 Å². The predicted octanol–water partition coefficient (Wildman–Crippen LogP) is 2.22. The largest absolute Gasteiger partial charge is 0.0993 e. The van der Waals surface area contributed by atoms with Crippen molar-refractivity contribution in [3.05, 3.63) is 12.2 Å². The third-order valence-electron chi connectivity index (χ3n) is 2.64. The van der Waals surface area contributed by atoms with Gasteiger partial charge in [-0.25, -0.2) is 0 Å². The second kappa shape index (κ2) is 1.18. The third kappa shape index (κ3) is 0.410. The molecule has 0 aromatic carbocycles. The van der Waals surface area contributed by atoms with Gasteiger partial charge in [0.15, 0.2) is 0 Å². The van der Waals surface area contributed by atoms with Crippen LogP contribution >= 0.6 is 0 Å². The lowest BCUT2D eigenvalue weighted by Gasteiger charge is -2.00. The minimum absolute atomic E-state index is 0.963. The van der Waals surface area contributed by atoms with E-state index in [1.165, 1.54) is 12.8 Å². The Kier molecular flexibility index (Phi) is 0.677. The molecule has 0 aromatic rings. The summed E-state index contributed by atoms with van der Waals surface area (Å²) in [6.45, 7) is 6.33. The van der Waals surface area contributed by atoms with E-state index < -0.39 is 0 Å². The second-order valence-corrected chi connectivity index (χ2v) is 3.36. The highest BCUT2D eigenvalue weighted by Gasteiger charge is 2.48. The van der Waals surface area contributed by atoms with Gasteiger partial charge in [-0.1, -0.05) is 19.1 Å². The van der Waals surface area contributed by atoms with E-state index in [2.05, 4.69) is 13.5 Å². The highest BCUT2D eigenvalue weighted by atomic mass is 14.5. The number of rotatable bonds is 0. The topological polar surface area (TPSA) is 0 Å². The number of hydrogen-bond donors (Lipinski definition) is 0. The molecule has 2 atom stereocenters. The SMILES string of the molecule is C=C1C2CC(C)CC12. The number of allylic oxidation sites excluding steroid dienone is 1. The van der Waals surface area contributed by atoms with Crippen LogP contribution in [0.25, 0.3) is 0 Å². The molecular weight excluding hydrogens is 96.1 g/mol. The maximum absolute atomic E-state index is 3.99. The predicted molar refractivity (Wildman–Crippen MR) is 34.5 cm³/mol. The standard InChI is InChI=1S/C8H12/c1-5-3-7-6(2)8(7)4-5/h5,7-8H,2-4H2,1H3. The van der Waals surface area contributed by atoms with E-state index in [-0.39, 0.29) is 0 Å². The molecule has 0 heterocycles. The van der Waals surface area contributed by atoms with Crippen LogP contribution < -0.4 is 0 Å². The van der Waals surface area contributed by atoms with Gasteiger partial charge in [-0.05, 0) is 30.6 Å². The van der Waals surface area contributed by atoms with Crippen molar-refractivity contribution in [2.24, 2.45) is 17.8 Å². The van der Waals surface area contributed by atoms with Crippen molar-refractivity contribution in [1.82, 2.24) is 0 Å². The zero-order valence-corrected chi connectivity index (χ0v) is 5.35. The molecule has 0 amide bonds. The molecule has 8 heavy (non-hydrogen) atoms. The Morgan fingerprint density at radius 1 is 1.38 bits per heavy atom. The molecule has 2 saturated carbocycles. The van der Waals surface area contributed by atoms with Crippen molar-refractivity contribution in [1.29, 1.82) is 0 Å². The zero-order chi connectivity index (χ0) is 5.72. The van der Waals surface area contributed by atoms with E-state index in [0.717, 1.165) is 17.8 Å². The third-order valence-corrected chi connectivity index (χ3v) is 2.64. The van der Waals surface area contributed by atoms with Gasteiger partial charge in [-0.2, -0.15) is 0 Å². The first-order valence-electron chi connectivity index (χ1n) is 3.47. The summed E-state index contributed by atoms with van der Waals surface area (Å²) in [5.74, 6) is 2.92. The fraction of sp³-hybridized carbons (Fsp3) is 0.750. The first kappa shape index (κ1) is 4.60. The zero-order valence-electron chi connectivity index (χ0n) is 5.35. The van der Waals surface area contributed by atoms with E-state index in [9.17, 15) is 0 Å². The van der Waals surface area contributed by atoms with Crippen molar-refractivity contribution in [3.8, 4) is 0 Å². The molecule has 44 valence electrons. The fourth-order valence-corrected chi connectivity index (χ4v) is 2.04. The van der Waals surface area contributed by atoms with Crippen molar-refractivity contribution in [3.63, 3.8) is 0 Å². The minimum Gasteiger partial charge on any atom is -0.0993 e. The normalized spacial score (nSPS) is 51.6. The maximum atomic E-state index is 3.99. The summed E-state index contributed by atoms with van der Waals surface area (Å²) in [7, 11) is 0. The van der Waals surface area contributed by atoms with Crippen molar-refractivity contribution in [2.75, 3.05) is 0 Å².